The first-order chi connectivity index (χ1) is 11.6. The van der Waals surface area contributed by atoms with Gasteiger partial charge in [0, 0.05) is 20.2 Å². The Morgan fingerprint density at radius 2 is 1.88 bits per heavy atom. The van der Waals surface area contributed by atoms with Crippen LogP contribution in [0.4, 0.5) is 5.69 Å². The van der Waals surface area contributed by atoms with Gasteiger partial charge in [0.15, 0.2) is 0 Å². The second-order valence-corrected chi connectivity index (χ2v) is 7.63. The van der Waals surface area contributed by atoms with Crippen molar-refractivity contribution in [2.45, 2.75) is 4.90 Å². The van der Waals surface area contributed by atoms with Gasteiger partial charge in [0.2, 0.25) is 10.0 Å². The molecule has 10 heteroatoms. The van der Waals surface area contributed by atoms with Gasteiger partial charge in [-0.25, -0.2) is 17.5 Å². The van der Waals surface area contributed by atoms with Crippen molar-refractivity contribution < 1.29 is 22.9 Å². The normalized spacial score (nSPS) is 11.4. The Labute approximate surface area is 148 Å². The maximum atomic E-state index is 12.3. The molecule has 0 heterocycles. The molecule has 25 heavy (non-hydrogen) atoms. The molecule has 2 aromatic carbocycles. The molecule has 0 fully saturated rings. The highest BCUT2D eigenvalue weighted by Crippen LogP contribution is 2.25. The zero-order chi connectivity index (χ0) is 18.8. The third-order valence-electron chi connectivity index (χ3n) is 3.18. The fraction of sp³-hybridized carbons (Fsp3) is 0.133. The van der Waals surface area contributed by atoms with Crippen molar-refractivity contribution in [3.8, 4) is 5.75 Å². The summed E-state index contributed by atoms with van der Waals surface area (Å²) in [5.41, 5.74) is -0.420. The number of carbonyl (C=O) groups is 1. The molecule has 0 aliphatic rings. The average Bonchev–Trinajstić information content (AvgIpc) is 2.55. The van der Waals surface area contributed by atoms with E-state index in [0.29, 0.717) is 0 Å². The lowest BCUT2D eigenvalue weighted by atomic mass is 10.2. The molecule has 0 aliphatic heterocycles. The van der Waals surface area contributed by atoms with Crippen LogP contribution in [0.1, 0.15) is 10.4 Å². The Morgan fingerprint density at radius 3 is 2.48 bits per heavy atom. The number of halogens is 1. The van der Waals surface area contributed by atoms with Gasteiger partial charge in [0.25, 0.3) is 5.69 Å². The zero-order valence-corrected chi connectivity index (χ0v) is 14.7. The Hall–Kier alpha value is -2.49. The van der Waals surface area contributed by atoms with Gasteiger partial charge in [-0.2, -0.15) is 0 Å². The van der Waals surface area contributed by atoms with Gasteiger partial charge in [-0.3, -0.25) is 10.1 Å². The molecular formula is C15H13ClN2O6S. The van der Waals surface area contributed by atoms with Gasteiger partial charge < -0.3 is 4.74 Å². The van der Waals surface area contributed by atoms with E-state index in [1.807, 2.05) is 0 Å². The summed E-state index contributed by atoms with van der Waals surface area (Å²) in [6, 6.07) is 8.66. The molecule has 132 valence electrons. The van der Waals surface area contributed by atoms with E-state index in [9.17, 15) is 23.3 Å². The summed E-state index contributed by atoms with van der Waals surface area (Å²) in [4.78, 5) is 22.3. The lowest BCUT2D eigenvalue weighted by Crippen LogP contribution is -2.22. The van der Waals surface area contributed by atoms with Crippen molar-refractivity contribution in [1.82, 2.24) is 4.31 Å². The van der Waals surface area contributed by atoms with Crippen molar-refractivity contribution in [3.05, 3.63) is 63.2 Å². The van der Waals surface area contributed by atoms with Crippen LogP contribution in [0.25, 0.3) is 0 Å². The lowest BCUT2D eigenvalue weighted by molar-refractivity contribution is -0.384. The average molecular weight is 385 g/mol. The molecule has 2 rings (SSSR count). The molecule has 0 saturated heterocycles. The fourth-order valence-electron chi connectivity index (χ4n) is 1.85. The maximum absolute atomic E-state index is 12.3. The molecule has 0 amide bonds. The van der Waals surface area contributed by atoms with E-state index < -0.39 is 20.9 Å². The smallest absolute Gasteiger partial charge is 0.345 e. The molecule has 0 spiro atoms. The molecule has 8 nitrogen and oxygen atoms in total. The molecule has 0 N–H and O–H groups in total. The van der Waals surface area contributed by atoms with Crippen LogP contribution < -0.4 is 4.74 Å². The van der Waals surface area contributed by atoms with Crippen molar-refractivity contribution in [2.24, 2.45) is 0 Å². The SMILES string of the molecule is CN(C)S(=O)(=O)c1ccc(Cl)c(C(=O)Oc2cccc([N+](=O)[O-])c2)c1. The third kappa shape index (κ3) is 4.13. The molecule has 2 aromatic rings. The number of carbonyl (C=O) groups excluding carboxylic acids is 1. The van der Waals surface area contributed by atoms with E-state index in [1.54, 1.807) is 0 Å². The molecule has 0 aliphatic carbocycles. The predicted molar refractivity (Wildman–Crippen MR) is 90.4 cm³/mol. The Kier molecular flexibility index (Phi) is 5.41. The number of benzene rings is 2. The quantitative estimate of drug-likeness (QED) is 0.339. The van der Waals surface area contributed by atoms with E-state index >= 15 is 0 Å². The van der Waals surface area contributed by atoms with Crippen LogP contribution in [0.15, 0.2) is 47.4 Å². The Balaban J connectivity index is 2.37. The van der Waals surface area contributed by atoms with Crippen molar-refractivity contribution in [2.75, 3.05) is 14.1 Å². The summed E-state index contributed by atoms with van der Waals surface area (Å²) in [5.74, 6) is -0.988. The van der Waals surface area contributed by atoms with E-state index in [-0.39, 0.29) is 26.9 Å². The maximum Gasteiger partial charge on any atom is 0.345 e. The molecule has 0 bridgehead atoms. The van der Waals surface area contributed by atoms with E-state index in [2.05, 4.69) is 0 Å². The van der Waals surface area contributed by atoms with Crippen molar-refractivity contribution >= 4 is 33.3 Å². The molecular weight excluding hydrogens is 372 g/mol. The van der Waals surface area contributed by atoms with Crippen LogP contribution in [0, 0.1) is 10.1 Å². The van der Waals surface area contributed by atoms with Gasteiger partial charge >= 0.3 is 5.97 Å². The number of rotatable bonds is 5. The number of nitro benzene ring substituents is 1. The number of non-ortho nitro benzene ring substituents is 1. The predicted octanol–water partition coefficient (Wildman–Crippen LogP) is 2.72. The number of hydrogen-bond donors (Lipinski definition) is 0. The number of nitrogens with zero attached hydrogens (tertiary/aromatic N) is 2. The minimum atomic E-state index is -3.76. The van der Waals surface area contributed by atoms with Gasteiger partial charge in [-0.1, -0.05) is 17.7 Å². The summed E-state index contributed by atoms with van der Waals surface area (Å²) in [5, 5.41) is 10.7. The van der Waals surface area contributed by atoms with Crippen molar-refractivity contribution in [3.63, 3.8) is 0 Å². The highest BCUT2D eigenvalue weighted by molar-refractivity contribution is 7.89. The second-order valence-electron chi connectivity index (χ2n) is 5.07. The van der Waals surface area contributed by atoms with Crippen LogP contribution in [-0.2, 0) is 10.0 Å². The van der Waals surface area contributed by atoms with E-state index in [1.165, 1.54) is 44.4 Å². The largest absolute Gasteiger partial charge is 0.423 e. The summed E-state index contributed by atoms with van der Waals surface area (Å²) < 4.78 is 30.4. The summed E-state index contributed by atoms with van der Waals surface area (Å²) in [6.07, 6.45) is 0. The summed E-state index contributed by atoms with van der Waals surface area (Å²) >= 11 is 5.95. The number of nitro groups is 1. The number of esters is 1. The minimum absolute atomic E-state index is 0.00635. The molecule has 0 atom stereocenters. The minimum Gasteiger partial charge on any atom is -0.423 e. The second kappa shape index (κ2) is 7.18. The van der Waals surface area contributed by atoms with Gasteiger partial charge in [-0.05, 0) is 24.3 Å². The first kappa shape index (κ1) is 18.8. The van der Waals surface area contributed by atoms with Crippen LogP contribution in [0.3, 0.4) is 0 Å². The Morgan fingerprint density at radius 1 is 1.20 bits per heavy atom. The highest BCUT2D eigenvalue weighted by Gasteiger charge is 2.22. The molecule has 0 unspecified atom stereocenters. The number of ether oxygens (including phenoxy) is 1. The number of hydrogen-bond acceptors (Lipinski definition) is 6. The van der Waals surface area contributed by atoms with Crippen LogP contribution >= 0.6 is 11.6 Å². The first-order valence-corrected chi connectivity index (χ1v) is 8.63. The van der Waals surface area contributed by atoms with Gasteiger partial charge in [0.05, 0.1) is 26.5 Å². The highest BCUT2D eigenvalue weighted by atomic mass is 35.5. The summed E-state index contributed by atoms with van der Waals surface area (Å²) in [6.45, 7) is 0. The standard InChI is InChI=1S/C15H13ClN2O6S/c1-17(2)25(22,23)12-6-7-14(16)13(9-12)15(19)24-11-5-3-4-10(8-11)18(20)21/h3-9H,1-2H3. The van der Waals surface area contributed by atoms with E-state index in [0.717, 1.165) is 16.4 Å². The number of sulfonamides is 1. The first-order valence-electron chi connectivity index (χ1n) is 6.81. The topological polar surface area (TPSA) is 107 Å². The van der Waals surface area contributed by atoms with Crippen LogP contribution in [0.2, 0.25) is 5.02 Å². The summed E-state index contributed by atoms with van der Waals surface area (Å²) in [7, 11) is -1.06. The van der Waals surface area contributed by atoms with Gasteiger partial charge in [0.1, 0.15) is 5.75 Å². The molecule has 0 aromatic heterocycles. The molecule has 0 saturated carbocycles. The van der Waals surface area contributed by atoms with E-state index in [4.69, 9.17) is 16.3 Å². The third-order valence-corrected chi connectivity index (χ3v) is 5.32. The molecule has 0 radical (unpaired) electrons. The van der Waals surface area contributed by atoms with Crippen LogP contribution in [-0.4, -0.2) is 37.7 Å². The Bertz CT molecular complexity index is 943. The lowest BCUT2D eigenvalue weighted by Gasteiger charge is -2.13. The monoisotopic (exact) mass is 384 g/mol. The fourth-order valence-corrected chi connectivity index (χ4v) is 2.98. The van der Waals surface area contributed by atoms with Crippen LogP contribution in [0.5, 0.6) is 5.75 Å². The zero-order valence-electron chi connectivity index (χ0n) is 13.2. The van der Waals surface area contributed by atoms with Crippen molar-refractivity contribution in [1.29, 1.82) is 0 Å². The van der Waals surface area contributed by atoms with Gasteiger partial charge in [-0.15, -0.1) is 0 Å².